The van der Waals surface area contributed by atoms with E-state index in [4.69, 9.17) is 4.52 Å². The number of aromatic nitrogens is 4. The van der Waals surface area contributed by atoms with E-state index in [1.807, 2.05) is 0 Å². The van der Waals surface area contributed by atoms with Crippen LogP contribution in [0, 0.1) is 0 Å². The lowest BCUT2D eigenvalue weighted by molar-refractivity contribution is -0.137. The highest BCUT2D eigenvalue weighted by molar-refractivity contribution is 6.08. The fourth-order valence-electron chi connectivity index (χ4n) is 5.25. The summed E-state index contributed by atoms with van der Waals surface area (Å²) in [5, 5.41) is 9.90. The van der Waals surface area contributed by atoms with Gasteiger partial charge >= 0.3 is 6.18 Å². The maximum atomic E-state index is 14.6. The number of carbonyl (C=O) groups is 3. The monoisotopic (exact) mass is 609 g/mol. The molecule has 11 nitrogen and oxygen atoms in total. The minimum Gasteiger partial charge on any atom is -0.354 e. The molecule has 1 aliphatic heterocycles. The van der Waals surface area contributed by atoms with E-state index in [1.54, 1.807) is 22.8 Å². The summed E-state index contributed by atoms with van der Waals surface area (Å²) in [5.41, 5.74) is 0.416. The largest absolute Gasteiger partial charge is 0.416 e. The molecule has 2 N–H and O–H groups in total. The van der Waals surface area contributed by atoms with Crippen LogP contribution in [0.3, 0.4) is 0 Å². The van der Waals surface area contributed by atoms with Crippen molar-refractivity contribution >= 4 is 56.8 Å². The van der Waals surface area contributed by atoms with E-state index in [0.29, 0.717) is 28.0 Å². The number of amides is 2. The molecule has 0 radical (unpaired) electrons. The first-order valence-corrected chi connectivity index (χ1v) is 13.4. The second-order valence-electron chi connectivity index (χ2n) is 10.3. The molecular formula is C29H23F4N7O4. The predicted octanol–water partition coefficient (Wildman–Crippen LogP) is 5.12. The van der Waals surface area contributed by atoms with E-state index < -0.39 is 35.8 Å². The van der Waals surface area contributed by atoms with Gasteiger partial charge in [0.15, 0.2) is 17.2 Å². The molecule has 0 spiro atoms. The summed E-state index contributed by atoms with van der Waals surface area (Å²) in [6.07, 6.45) is -0.237. The van der Waals surface area contributed by atoms with Gasteiger partial charge in [0.25, 0.3) is 0 Å². The molecule has 1 aliphatic rings. The molecule has 2 aromatic carbocycles. The Morgan fingerprint density at radius 3 is 2.64 bits per heavy atom. The first kappa shape index (κ1) is 28.8. The Morgan fingerprint density at radius 2 is 1.91 bits per heavy atom. The van der Waals surface area contributed by atoms with Crippen LogP contribution in [0.15, 0.2) is 65.7 Å². The van der Waals surface area contributed by atoms with Gasteiger partial charge in [-0.25, -0.2) is 9.37 Å². The van der Waals surface area contributed by atoms with Crippen molar-refractivity contribution in [2.75, 3.05) is 17.2 Å². The van der Waals surface area contributed by atoms with Gasteiger partial charge in [0.05, 0.1) is 23.7 Å². The van der Waals surface area contributed by atoms with E-state index in [0.717, 1.165) is 23.1 Å². The number of nitrogens with one attached hydrogen (secondary N) is 2. The number of fused-ring (bicyclic) bond motifs is 2. The van der Waals surface area contributed by atoms with Gasteiger partial charge in [0.1, 0.15) is 24.6 Å². The Morgan fingerprint density at radius 1 is 1.09 bits per heavy atom. The molecule has 3 aromatic heterocycles. The van der Waals surface area contributed by atoms with Gasteiger partial charge in [-0.15, -0.1) is 0 Å². The zero-order valence-corrected chi connectivity index (χ0v) is 22.9. The molecule has 4 heterocycles. The highest BCUT2D eigenvalue weighted by Gasteiger charge is 2.40. The van der Waals surface area contributed by atoms with Crippen molar-refractivity contribution in [1.29, 1.82) is 0 Å². The van der Waals surface area contributed by atoms with Crippen LogP contribution in [-0.4, -0.2) is 60.9 Å². The second-order valence-corrected chi connectivity index (χ2v) is 10.3. The van der Waals surface area contributed by atoms with Gasteiger partial charge in [-0.05, 0) is 43.3 Å². The molecule has 1 fully saturated rings. The number of alkyl halides is 4. The lowest BCUT2D eigenvalue weighted by Gasteiger charge is -2.23. The van der Waals surface area contributed by atoms with Gasteiger partial charge in [-0.2, -0.15) is 13.2 Å². The fraction of sp³-hybridized carbons (Fsp3) is 0.241. The number of nitrogens with zero attached hydrogens (tertiary/aromatic N) is 5. The SMILES string of the molecule is CC(=O)c1cn(CC(=O)N2C[C@H](F)C[C@H]2C(=O)Nc2noc3cc(C(F)(F)F)ccc23)c2ccc(Nc3cnccn3)cc12. The number of hydrogen-bond donors (Lipinski definition) is 2. The Bertz CT molecular complexity index is 1900. The van der Waals surface area contributed by atoms with Crippen molar-refractivity contribution in [3.63, 3.8) is 0 Å². The Balaban J connectivity index is 1.22. The molecule has 2 atom stereocenters. The summed E-state index contributed by atoms with van der Waals surface area (Å²) in [6, 6.07) is 6.68. The van der Waals surface area contributed by atoms with Gasteiger partial charge in [-0.3, -0.25) is 19.4 Å². The summed E-state index contributed by atoms with van der Waals surface area (Å²) < 4.78 is 60.2. The number of ketones is 1. The molecule has 2 amide bonds. The molecule has 0 unspecified atom stereocenters. The average Bonchev–Trinajstić information content (AvgIpc) is 3.68. The lowest BCUT2D eigenvalue weighted by Crippen LogP contribution is -2.44. The normalized spacial score (nSPS) is 16.9. The Kier molecular flexibility index (Phi) is 7.23. The summed E-state index contributed by atoms with van der Waals surface area (Å²) >= 11 is 0. The van der Waals surface area contributed by atoms with Crippen LogP contribution in [0.5, 0.6) is 0 Å². The average molecular weight is 610 g/mol. The molecule has 44 heavy (non-hydrogen) atoms. The third-order valence-corrected chi connectivity index (χ3v) is 7.32. The van der Waals surface area contributed by atoms with Crippen LogP contribution in [-0.2, 0) is 22.3 Å². The van der Waals surface area contributed by atoms with Crippen LogP contribution in [0.1, 0.15) is 29.3 Å². The first-order chi connectivity index (χ1) is 21.0. The summed E-state index contributed by atoms with van der Waals surface area (Å²) in [5.74, 6) is -1.23. The van der Waals surface area contributed by atoms with Gasteiger partial charge in [0.2, 0.25) is 11.8 Å². The minimum absolute atomic E-state index is 0.114. The van der Waals surface area contributed by atoms with Crippen LogP contribution < -0.4 is 10.6 Å². The molecular weight excluding hydrogens is 586 g/mol. The van der Waals surface area contributed by atoms with E-state index >= 15 is 0 Å². The van der Waals surface area contributed by atoms with Crippen LogP contribution in [0.4, 0.5) is 34.9 Å². The van der Waals surface area contributed by atoms with Gasteiger partial charge in [0, 0.05) is 47.2 Å². The van der Waals surface area contributed by atoms with Gasteiger partial charge < -0.3 is 24.6 Å². The molecule has 0 aliphatic carbocycles. The minimum atomic E-state index is -4.60. The number of rotatable bonds is 7. The predicted molar refractivity (Wildman–Crippen MR) is 150 cm³/mol. The molecule has 226 valence electrons. The molecule has 0 saturated carbocycles. The first-order valence-electron chi connectivity index (χ1n) is 13.4. The van der Waals surface area contributed by atoms with E-state index in [2.05, 4.69) is 25.8 Å². The van der Waals surface area contributed by atoms with Crippen LogP contribution in [0.25, 0.3) is 21.9 Å². The van der Waals surface area contributed by atoms with Crippen molar-refractivity contribution in [3.05, 3.63) is 72.3 Å². The van der Waals surface area contributed by atoms with Gasteiger partial charge in [-0.1, -0.05) is 5.16 Å². The standard InChI is InChI=1S/C29H23F4N7O4/c1-15(41)21-13-39(22-5-3-18(10-20(21)22)36-25-11-34-6-7-35-25)14-26(42)40-12-17(30)9-23(40)28(43)37-27-19-4-2-16(29(31,32)33)8-24(19)44-38-27/h2-8,10-11,13,17,23H,9,12,14H2,1H3,(H,35,36)(H,37,38,43)/t17-,23+/m1/s1. The van der Waals surface area contributed by atoms with Crippen molar-refractivity contribution in [3.8, 4) is 0 Å². The number of hydrogen-bond acceptors (Lipinski definition) is 8. The highest BCUT2D eigenvalue weighted by Crippen LogP contribution is 2.34. The maximum Gasteiger partial charge on any atom is 0.416 e. The topological polar surface area (TPSA) is 135 Å². The van der Waals surface area contributed by atoms with Crippen molar-refractivity contribution in [2.45, 2.75) is 38.3 Å². The molecule has 6 rings (SSSR count). The van der Waals surface area contributed by atoms with E-state index in [-0.39, 0.29) is 42.1 Å². The smallest absolute Gasteiger partial charge is 0.354 e. The van der Waals surface area contributed by atoms with Crippen molar-refractivity contribution < 1.29 is 36.5 Å². The molecule has 15 heteroatoms. The number of likely N-dealkylation sites (tertiary alicyclic amines) is 1. The third-order valence-electron chi connectivity index (χ3n) is 7.32. The van der Waals surface area contributed by atoms with Crippen molar-refractivity contribution in [2.24, 2.45) is 0 Å². The second kappa shape index (κ2) is 11.1. The van der Waals surface area contributed by atoms with Crippen LogP contribution in [0.2, 0.25) is 0 Å². The van der Waals surface area contributed by atoms with E-state index in [9.17, 15) is 31.9 Å². The van der Waals surface area contributed by atoms with E-state index in [1.165, 1.54) is 31.7 Å². The number of halogens is 4. The van der Waals surface area contributed by atoms with Crippen LogP contribution >= 0.6 is 0 Å². The molecule has 0 bridgehead atoms. The number of anilines is 3. The molecule has 1 saturated heterocycles. The van der Waals surface area contributed by atoms with Crippen molar-refractivity contribution in [1.82, 2.24) is 24.6 Å². The maximum absolute atomic E-state index is 14.6. The third kappa shape index (κ3) is 5.55. The summed E-state index contributed by atoms with van der Waals surface area (Å²) in [6.45, 7) is 0.774. The zero-order valence-electron chi connectivity index (χ0n) is 22.9. The molecule has 5 aromatic rings. The Hall–Kier alpha value is -5.34. The highest BCUT2D eigenvalue weighted by atomic mass is 19.4. The number of Topliss-reactive ketones (excluding diaryl/α,β-unsaturated/α-hetero) is 1. The lowest BCUT2D eigenvalue weighted by atomic mass is 10.1. The Labute approximate surface area is 245 Å². The summed E-state index contributed by atoms with van der Waals surface area (Å²) in [4.78, 5) is 48.4. The number of benzene rings is 2. The number of carbonyl (C=O) groups excluding carboxylic acids is 3. The summed E-state index contributed by atoms with van der Waals surface area (Å²) in [7, 11) is 0. The fourth-order valence-corrected chi connectivity index (χ4v) is 5.25. The zero-order chi connectivity index (χ0) is 31.2. The quantitative estimate of drug-likeness (QED) is 0.192.